The molecule has 1 saturated heterocycles. The van der Waals surface area contributed by atoms with Gasteiger partial charge in [-0.15, -0.1) is 0 Å². The van der Waals surface area contributed by atoms with Crippen LogP contribution in [0.2, 0.25) is 0 Å². The monoisotopic (exact) mass is 275 g/mol. The van der Waals surface area contributed by atoms with Gasteiger partial charge in [0.2, 0.25) is 0 Å². The minimum atomic E-state index is -0.286. The van der Waals surface area contributed by atoms with E-state index in [1.807, 2.05) is 10.9 Å². The molecule has 0 amide bonds. The third-order valence-corrected chi connectivity index (χ3v) is 3.75. The Kier molecular flexibility index (Phi) is 3.69. The standard InChI is InChI=1S/C15H18FN3O/c16-13-1-2-15(17)14(7-13)12-8-18-19(10-12)9-11-3-5-20-6-4-11/h1-2,7-8,10-11H,3-6,9,17H2. The molecule has 1 aliphatic rings. The normalized spacial score (nSPS) is 16.4. The summed E-state index contributed by atoms with van der Waals surface area (Å²) in [6.07, 6.45) is 5.81. The molecule has 3 rings (SSSR count). The molecule has 0 unspecified atom stereocenters. The van der Waals surface area contributed by atoms with Crippen LogP contribution in [0.25, 0.3) is 11.1 Å². The first-order valence-corrected chi connectivity index (χ1v) is 6.88. The van der Waals surface area contributed by atoms with Crippen molar-refractivity contribution in [1.29, 1.82) is 0 Å². The van der Waals surface area contributed by atoms with E-state index in [4.69, 9.17) is 10.5 Å². The van der Waals surface area contributed by atoms with E-state index in [2.05, 4.69) is 5.10 Å². The predicted octanol–water partition coefficient (Wildman–Crippen LogP) is 2.70. The summed E-state index contributed by atoms with van der Waals surface area (Å²) in [5, 5.41) is 4.36. The Balaban J connectivity index is 1.77. The van der Waals surface area contributed by atoms with Crippen LogP contribution in [0.5, 0.6) is 0 Å². The molecule has 0 aliphatic carbocycles. The summed E-state index contributed by atoms with van der Waals surface area (Å²) in [4.78, 5) is 0. The van der Waals surface area contributed by atoms with Crippen molar-refractivity contribution in [2.24, 2.45) is 5.92 Å². The molecule has 20 heavy (non-hydrogen) atoms. The molecule has 0 spiro atoms. The highest BCUT2D eigenvalue weighted by Gasteiger charge is 2.15. The van der Waals surface area contributed by atoms with Crippen LogP contribution in [0, 0.1) is 11.7 Å². The lowest BCUT2D eigenvalue weighted by atomic mass is 10.0. The van der Waals surface area contributed by atoms with Crippen LogP contribution in [0.15, 0.2) is 30.6 Å². The topological polar surface area (TPSA) is 53.1 Å². The molecule has 1 aromatic carbocycles. The molecule has 0 radical (unpaired) electrons. The summed E-state index contributed by atoms with van der Waals surface area (Å²) in [6, 6.07) is 4.40. The van der Waals surface area contributed by atoms with Crippen LogP contribution in [0.3, 0.4) is 0 Å². The van der Waals surface area contributed by atoms with Crippen molar-refractivity contribution >= 4 is 5.69 Å². The fraction of sp³-hybridized carbons (Fsp3) is 0.400. The van der Waals surface area contributed by atoms with Crippen LogP contribution in [0.1, 0.15) is 12.8 Å². The molecule has 0 bridgehead atoms. The zero-order valence-corrected chi connectivity index (χ0v) is 11.3. The van der Waals surface area contributed by atoms with Gasteiger partial charge < -0.3 is 10.5 Å². The Bertz CT molecular complexity index is 591. The quantitative estimate of drug-likeness (QED) is 0.876. The van der Waals surface area contributed by atoms with Crippen LogP contribution in [0.4, 0.5) is 10.1 Å². The number of aromatic nitrogens is 2. The van der Waals surface area contributed by atoms with Gasteiger partial charge in [0, 0.05) is 42.8 Å². The number of anilines is 1. The van der Waals surface area contributed by atoms with Gasteiger partial charge in [-0.05, 0) is 37.0 Å². The summed E-state index contributed by atoms with van der Waals surface area (Å²) in [7, 11) is 0. The van der Waals surface area contributed by atoms with Gasteiger partial charge in [-0.1, -0.05) is 0 Å². The van der Waals surface area contributed by atoms with Crippen LogP contribution < -0.4 is 5.73 Å². The Labute approximate surface area is 117 Å². The minimum Gasteiger partial charge on any atom is -0.398 e. The Hall–Kier alpha value is -1.88. The highest BCUT2D eigenvalue weighted by molar-refractivity contribution is 5.75. The number of nitrogens with zero attached hydrogens (tertiary/aromatic N) is 2. The van der Waals surface area contributed by atoms with E-state index in [1.54, 1.807) is 12.3 Å². The fourth-order valence-corrected chi connectivity index (χ4v) is 2.57. The first-order chi connectivity index (χ1) is 9.72. The van der Waals surface area contributed by atoms with Crippen molar-refractivity contribution in [3.63, 3.8) is 0 Å². The van der Waals surface area contributed by atoms with Gasteiger partial charge in [0.05, 0.1) is 6.20 Å². The van der Waals surface area contributed by atoms with E-state index in [0.717, 1.165) is 38.2 Å². The number of halogens is 1. The van der Waals surface area contributed by atoms with E-state index in [1.165, 1.54) is 12.1 Å². The van der Waals surface area contributed by atoms with E-state index in [0.29, 0.717) is 17.2 Å². The lowest BCUT2D eigenvalue weighted by Gasteiger charge is -2.21. The van der Waals surface area contributed by atoms with Crippen LogP contribution in [-0.2, 0) is 11.3 Å². The Morgan fingerprint density at radius 3 is 2.95 bits per heavy atom. The van der Waals surface area contributed by atoms with E-state index in [9.17, 15) is 4.39 Å². The summed E-state index contributed by atoms with van der Waals surface area (Å²) >= 11 is 0. The van der Waals surface area contributed by atoms with Gasteiger partial charge in [-0.25, -0.2) is 4.39 Å². The molecule has 1 fully saturated rings. The van der Waals surface area contributed by atoms with Crippen molar-refractivity contribution in [2.75, 3.05) is 18.9 Å². The SMILES string of the molecule is Nc1ccc(F)cc1-c1cnn(CC2CCOCC2)c1. The van der Waals surface area contributed by atoms with Gasteiger partial charge in [0.15, 0.2) is 0 Å². The van der Waals surface area contributed by atoms with Gasteiger partial charge in [-0.3, -0.25) is 4.68 Å². The third-order valence-electron chi connectivity index (χ3n) is 3.75. The highest BCUT2D eigenvalue weighted by atomic mass is 19.1. The average Bonchev–Trinajstić information content (AvgIpc) is 2.91. The minimum absolute atomic E-state index is 0.286. The van der Waals surface area contributed by atoms with Crippen molar-refractivity contribution in [3.05, 3.63) is 36.4 Å². The number of benzene rings is 1. The molecular formula is C15H18FN3O. The second kappa shape index (κ2) is 5.63. The molecule has 1 aliphatic heterocycles. The zero-order valence-electron chi connectivity index (χ0n) is 11.3. The zero-order chi connectivity index (χ0) is 13.9. The van der Waals surface area contributed by atoms with E-state index in [-0.39, 0.29) is 5.82 Å². The molecular weight excluding hydrogens is 257 g/mol. The number of ether oxygens (including phenoxy) is 1. The van der Waals surface area contributed by atoms with Gasteiger partial charge in [-0.2, -0.15) is 5.10 Å². The Morgan fingerprint density at radius 2 is 2.15 bits per heavy atom. The van der Waals surface area contributed by atoms with Crippen LogP contribution in [-0.4, -0.2) is 23.0 Å². The molecule has 0 atom stereocenters. The van der Waals surface area contributed by atoms with Crippen molar-refractivity contribution < 1.29 is 9.13 Å². The second-order valence-electron chi connectivity index (χ2n) is 5.24. The maximum atomic E-state index is 13.3. The lowest BCUT2D eigenvalue weighted by molar-refractivity contribution is 0.0601. The molecule has 2 N–H and O–H groups in total. The van der Waals surface area contributed by atoms with Crippen LogP contribution >= 0.6 is 0 Å². The molecule has 2 heterocycles. The summed E-state index contributed by atoms with van der Waals surface area (Å²) in [5.41, 5.74) is 8.01. The first-order valence-electron chi connectivity index (χ1n) is 6.88. The maximum Gasteiger partial charge on any atom is 0.123 e. The summed E-state index contributed by atoms with van der Waals surface area (Å²) in [6.45, 7) is 2.53. The predicted molar refractivity (Wildman–Crippen MR) is 75.6 cm³/mol. The highest BCUT2D eigenvalue weighted by Crippen LogP contribution is 2.26. The molecule has 0 saturated carbocycles. The molecule has 106 valence electrons. The van der Waals surface area contributed by atoms with Gasteiger partial charge in [0.1, 0.15) is 5.82 Å². The Morgan fingerprint density at radius 1 is 1.35 bits per heavy atom. The summed E-state index contributed by atoms with van der Waals surface area (Å²) in [5.74, 6) is 0.313. The van der Waals surface area contributed by atoms with E-state index < -0.39 is 0 Å². The fourth-order valence-electron chi connectivity index (χ4n) is 2.57. The average molecular weight is 275 g/mol. The smallest absolute Gasteiger partial charge is 0.123 e. The molecule has 2 aromatic rings. The molecule has 1 aromatic heterocycles. The number of nitrogens with two attached hydrogens (primary N) is 1. The second-order valence-corrected chi connectivity index (χ2v) is 5.24. The number of nitrogen functional groups attached to an aromatic ring is 1. The maximum absolute atomic E-state index is 13.3. The number of hydrogen-bond acceptors (Lipinski definition) is 3. The number of rotatable bonds is 3. The van der Waals surface area contributed by atoms with Crippen molar-refractivity contribution in [1.82, 2.24) is 9.78 Å². The lowest BCUT2D eigenvalue weighted by Crippen LogP contribution is -2.20. The molecule has 4 nitrogen and oxygen atoms in total. The van der Waals surface area contributed by atoms with Gasteiger partial charge in [0.25, 0.3) is 0 Å². The summed E-state index contributed by atoms with van der Waals surface area (Å²) < 4.78 is 20.6. The van der Waals surface area contributed by atoms with Crippen molar-refractivity contribution in [3.8, 4) is 11.1 Å². The largest absolute Gasteiger partial charge is 0.398 e. The van der Waals surface area contributed by atoms with E-state index >= 15 is 0 Å². The third kappa shape index (κ3) is 2.82. The van der Waals surface area contributed by atoms with Gasteiger partial charge >= 0.3 is 0 Å². The number of hydrogen-bond donors (Lipinski definition) is 1. The molecule has 5 heteroatoms. The first kappa shape index (κ1) is 13.1. The van der Waals surface area contributed by atoms with Crippen molar-refractivity contribution in [2.45, 2.75) is 19.4 Å².